The summed E-state index contributed by atoms with van der Waals surface area (Å²) in [5.41, 5.74) is -3.15. The molecule has 0 spiro atoms. The SMILES string of the molecule is COCC1(Oc2cc3c(N[C@H](C)c4cccc(C(F)(F)C(C)(C)O)c4F)nc(C)nc3cc2OC)CC1. The lowest BCUT2D eigenvalue weighted by atomic mass is 9.91. The van der Waals surface area contributed by atoms with E-state index in [0.29, 0.717) is 40.7 Å². The van der Waals surface area contributed by atoms with E-state index in [1.165, 1.54) is 12.1 Å². The van der Waals surface area contributed by atoms with E-state index in [2.05, 4.69) is 15.3 Å². The van der Waals surface area contributed by atoms with Gasteiger partial charge in [-0.1, -0.05) is 12.1 Å². The third kappa shape index (κ3) is 5.17. The Balaban J connectivity index is 1.73. The Morgan fingerprint density at radius 2 is 1.84 bits per heavy atom. The largest absolute Gasteiger partial charge is 0.493 e. The molecule has 0 unspecified atom stereocenters. The second-order valence-electron chi connectivity index (χ2n) is 10.1. The van der Waals surface area contributed by atoms with Crippen molar-refractivity contribution in [2.24, 2.45) is 0 Å². The van der Waals surface area contributed by atoms with Crippen LogP contribution in [0, 0.1) is 12.7 Å². The highest BCUT2D eigenvalue weighted by atomic mass is 19.3. The van der Waals surface area contributed by atoms with Gasteiger partial charge in [0.25, 0.3) is 0 Å². The number of fused-ring (bicyclic) bond motifs is 1. The summed E-state index contributed by atoms with van der Waals surface area (Å²) in [7, 11) is 3.16. The van der Waals surface area contributed by atoms with E-state index < -0.39 is 34.5 Å². The first-order valence-electron chi connectivity index (χ1n) is 12.0. The highest BCUT2D eigenvalue weighted by molar-refractivity contribution is 5.92. The average molecular weight is 520 g/mol. The van der Waals surface area contributed by atoms with Gasteiger partial charge in [-0.05, 0) is 52.7 Å². The summed E-state index contributed by atoms with van der Waals surface area (Å²) in [6.07, 6.45) is 1.69. The molecule has 1 aromatic heterocycles. The maximum absolute atomic E-state index is 15.4. The number of rotatable bonds is 10. The molecule has 0 radical (unpaired) electrons. The standard InChI is InChI=1S/C27H32F3N3O4/c1-15(17-8-7-9-19(23(17)28)27(29,30)25(3,4)34)31-24-18-12-22(37-26(10-11-26)14-35-5)21(36-6)13-20(18)32-16(2)33-24/h7-9,12-13,15,34H,10-11,14H2,1-6H3,(H,31,32,33)/t15-/m1/s1. The van der Waals surface area contributed by atoms with Crippen LogP contribution < -0.4 is 14.8 Å². The molecule has 4 rings (SSSR count). The molecule has 0 amide bonds. The molecule has 3 aromatic rings. The van der Waals surface area contributed by atoms with Crippen LogP contribution in [0.3, 0.4) is 0 Å². The van der Waals surface area contributed by atoms with Gasteiger partial charge in [-0.25, -0.2) is 14.4 Å². The number of hydrogen-bond acceptors (Lipinski definition) is 7. The van der Waals surface area contributed by atoms with Gasteiger partial charge in [-0.2, -0.15) is 8.78 Å². The Labute approximate surface area is 214 Å². The van der Waals surface area contributed by atoms with E-state index in [-0.39, 0.29) is 5.56 Å². The fraction of sp³-hybridized carbons (Fsp3) is 0.481. The molecule has 1 atom stereocenters. The second-order valence-corrected chi connectivity index (χ2v) is 10.1. The van der Waals surface area contributed by atoms with Gasteiger partial charge in [0.05, 0.1) is 30.8 Å². The van der Waals surface area contributed by atoms with Crippen molar-refractivity contribution in [3.05, 3.63) is 53.1 Å². The molecule has 2 N–H and O–H groups in total. The van der Waals surface area contributed by atoms with E-state index in [1.54, 1.807) is 40.2 Å². The molecule has 0 aliphatic heterocycles. The highest BCUT2D eigenvalue weighted by Gasteiger charge is 2.49. The second kappa shape index (κ2) is 9.64. The minimum Gasteiger partial charge on any atom is -0.493 e. The van der Waals surface area contributed by atoms with Gasteiger partial charge >= 0.3 is 5.92 Å². The Bertz CT molecular complexity index is 1310. The van der Waals surface area contributed by atoms with Gasteiger partial charge in [-0.3, -0.25) is 0 Å². The molecule has 7 nitrogen and oxygen atoms in total. The molecule has 10 heteroatoms. The van der Waals surface area contributed by atoms with Crippen molar-refractivity contribution in [1.82, 2.24) is 9.97 Å². The first kappa shape index (κ1) is 26.9. The molecule has 2 aromatic carbocycles. The number of nitrogens with zero attached hydrogens (tertiary/aromatic N) is 2. The van der Waals surface area contributed by atoms with Gasteiger partial charge in [0.2, 0.25) is 0 Å². The van der Waals surface area contributed by atoms with Crippen molar-refractivity contribution in [2.45, 2.75) is 63.7 Å². The minimum atomic E-state index is -3.80. The highest BCUT2D eigenvalue weighted by Crippen LogP contribution is 2.45. The molecule has 1 saturated carbocycles. The van der Waals surface area contributed by atoms with Crippen LogP contribution in [0.5, 0.6) is 11.5 Å². The van der Waals surface area contributed by atoms with Crippen LogP contribution in [0.1, 0.15) is 56.6 Å². The summed E-state index contributed by atoms with van der Waals surface area (Å²) in [6, 6.07) is 6.50. The van der Waals surface area contributed by atoms with Crippen LogP contribution in [0.4, 0.5) is 19.0 Å². The maximum Gasteiger partial charge on any atom is 0.303 e. The fourth-order valence-electron chi connectivity index (χ4n) is 4.25. The number of ether oxygens (including phenoxy) is 3. The Morgan fingerprint density at radius 3 is 2.43 bits per heavy atom. The van der Waals surface area contributed by atoms with E-state index in [0.717, 1.165) is 32.8 Å². The summed E-state index contributed by atoms with van der Waals surface area (Å²) < 4.78 is 62.1. The lowest BCUT2D eigenvalue weighted by molar-refractivity contribution is -0.170. The number of aryl methyl sites for hydroxylation is 1. The monoisotopic (exact) mass is 519 g/mol. The van der Waals surface area contributed by atoms with E-state index in [1.807, 2.05) is 0 Å². The van der Waals surface area contributed by atoms with Crippen LogP contribution in [0.2, 0.25) is 0 Å². The number of hydrogen-bond donors (Lipinski definition) is 2. The first-order valence-corrected chi connectivity index (χ1v) is 12.0. The van der Waals surface area contributed by atoms with E-state index in [9.17, 15) is 13.9 Å². The maximum atomic E-state index is 15.4. The zero-order valence-electron chi connectivity index (χ0n) is 21.8. The third-order valence-corrected chi connectivity index (χ3v) is 6.59. The molecular formula is C27H32F3N3O4. The molecule has 1 aliphatic rings. The Kier molecular flexibility index (Phi) is 7.02. The van der Waals surface area contributed by atoms with E-state index >= 15 is 4.39 Å². The Morgan fingerprint density at radius 1 is 1.14 bits per heavy atom. The normalized spacial score (nSPS) is 15.9. The molecule has 1 heterocycles. The third-order valence-electron chi connectivity index (χ3n) is 6.59. The zero-order valence-corrected chi connectivity index (χ0v) is 21.8. The van der Waals surface area contributed by atoms with Crippen LogP contribution in [-0.4, -0.2) is 47.1 Å². The quantitative estimate of drug-likeness (QED) is 0.357. The van der Waals surface area contributed by atoms with Crippen molar-refractivity contribution >= 4 is 16.7 Å². The van der Waals surface area contributed by atoms with Crippen molar-refractivity contribution in [1.29, 1.82) is 0 Å². The summed E-state index contributed by atoms with van der Waals surface area (Å²) in [5, 5.41) is 13.7. The molecule has 0 bridgehead atoms. The van der Waals surface area contributed by atoms with Gasteiger partial charge < -0.3 is 24.6 Å². The number of nitrogens with one attached hydrogen (secondary N) is 1. The molecule has 1 fully saturated rings. The molecule has 37 heavy (non-hydrogen) atoms. The number of benzene rings is 2. The zero-order chi connectivity index (χ0) is 27.2. The molecule has 0 saturated heterocycles. The first-order chi connectivity index (χ1) is 17.3. The lowest BCUT2D eigenvalue weighted by Crippen LogP contribution is -2.41. The number of halogens is 3. The number of methoxy groups -OCH3 is 2. The predicted octanol–water partition coefficient (Wildman–Crippen LogP) is 5.68. The van der Waals surface area contributed by atoms with Crippen LogP contribution in [0.15, 0.2) is 30.3 Å². The van der Waals surface area contributed by atoms with Crippen LogP contribution in [-0.2, 0) is 10.7 Å². The van der Waals surface area contributed by atoms with Crippen molar-refractivity contribution in [3.8, 4) is 11.5 Å². The van der Waals surface area contributed by atoms with Gasteiger partial charge in [0.15, 0.2) is 11.5 Å². The van der Waals surface area contributed by atoms with Crippen molar-refractivity contribution in [3.63, 3.8) is 0 Å². The average Bonchev–Trinajstić information content (AvgIpc) is 3.57. The summed E-state index contributed by atoms with van der Waals surface area (Å²) in [6.45, 7) is 5.69. The minimum absolute atomic E-state index is 0.00727. The van der Waals surface area contributed by atoms with Crippen LogP contribution in [0.25, 0.3) is 10.9 Å². The van der Waals surface area contributed by atoms with Gasteiger partial charge in [-0.15, -0.1) is 0 Å². The topological polar surface area (TPSA) is 85.7 Å². The summed E-state index contributed by atoms with van der Waals surface area (Å²) in [4.78, 5) is 8.99. The van der Waals surface area contributed by atoms with E-state index in [4.69, 9.17) is 14.2 Å². The fourth-order valence-corrected chi connectivity index (χ4v) is 4.25. The molecule has 200 valence electrons. The number of alkyl halides is 2. The summed E-state index contributed by atoms with van der Waals surface area (Å²) >= 11 is 0. The smallest absolute Gasteiger partial charge is 0.303 e. The molecule has 1 aliphatic carbocycles. The van der Waals surface area contributed by atoms with Gasteiger partial charge in [0, 0.05) is 24.1 Å². The van der Waals surface area contributed by atoms with Crippen LogP contribution >= 0.6 is 0 Å². The Hall–Kier alpha value is -3.11. The van der Waals surface area contributed by atoms with Crippen molar-refractivity contribution in [2.75, 3.05) is 26.1 Å². The van der Waals surface area contributed by atoms with Gasteiger partial charge in [0.1, 0.15) is 28.7 Å². The number of anilines is 1. The predicted molar refractivity (Wildman–Crippen MR) is 134 cm³/mol. The lowest BCUT2D eigenvalue weighted by Gasteiger charge is -2.30. The number of aromatic nitrogens is 2. The number of aliphatic hydroxyl groups is 1. The molecular weight excluding hydrogens is 487 g/mol. The summed E-state index contributed by atoms with van der Waals surface area (Å²) in [5.74, 6) is -3.05. The van der Waals surface area contributed by atoms with Crippen molar-refractivity contribution < 1.29 is 32.5 Å².